The second-order valence-corrected chi connectivity index (χ2v) is 6.37. The van der Waals surface area contributed by atoms with Crippen LogP contribution >= 0.6 is 0 Å². The van der Waals surface area contributed by atoms with Crippen molar-refractivity contribution in [3.63, 3.8) is 0 Å². The van der Waals surface area contributed by atoms with Crippen LogP contribution in [0.5, 0.6) is 0 Å². The van der Waals surface area contributed by atoms with Crippen molar-refractivity contribution in [3.8, 4) is 11.5 Å². The molecule has 1 aromatic heterocycles. The number of hydrogen-bond acceptors (Lipinski definition) is 6. The van der Waals surface area contributed by atoms with Crippen LogP contribution in [0.4, 0.5) is 11.4 Å². The van der Waals surface area contributed by atoms with Crippen molar-refractivity contribution < 1.29 is 14.0 Å². The first-order chi connectivity index (χ1) is 13.1. The first kappa shape index (κ1) is 15.3. The molecule has 0 unspecified atom stereocenters. The van der Waals surface area contributed by atoms with Gasteiger partial charge in [-0.15, -0.1) is 0 Å². The van der Waals surface area contributed by atoms with Crippen molar-refractivity contribution in [2.24, 2.45) is 0 Å². The smallest absolute Gasteiger partial charge is 0.229 e. The van der Waals surface area contributed by atoms with Gasteiger partial charge in [-0.25, -0.2) is 4.98 Å². The number of aromatic nitrogens is 1. The number of nitrogens with two attached hydrogens (primary N) is 2. The van der Waals surface area contributed by atoms with Crippen LogP contribution in [0.1, 0.15) is 31.8 Å². The predicted molar refractivity (Wildman–Crippen MR) is 102 cm³/mol. The molecule has 0 bridgehead atoms. The van der Waals surface area contributed by atoms with Gasteiger partial charge >= 0.3 is 0 Å². The van der Waals surface area contributed by atoms with Crippen molar-refractivity contribution >= 4 is 34.0 Å². The molecule has 0 saturated heterocycles. The Hall–Kier alpha value is -3.93. The Morgan fingerprint density at radius 2 is 1.41 bits per heavy atom. The fraction of sp³-hybridized carbons (Fsp3) is 0. The van der Waals surface area contributed by atoms with Gasteiger partial charge in [0.25, 0.3) is 0 Å². The Labute approximate surface area is 153 Å². The first-order valence-electron chi connectivity index (χ1n) is 8.32. The molecule has 130 valence electrons. The quantitative estimate of drug-likeness (QED) is 0.446. The molecule has 3 aromatic carbocycles. The molecule has 0 aliphatic heterocycles. The van der Waals surface area contributed by atoms with Crippen molar-refractivity contribution in [2.75, 3.05) is 11.5 Å². The zero-order valence-corrected chi connectivity index (χ0v) is 14.0. The van der Waals surface area contributed by atoms with Crippen LogP contribution in [0.25, 0.3) is 22.6 Å². The molecule has 1 aliphatic rings. The largest absolute Gasteiger partial charge is 0.436 e. The van der Waals surface area contributed by atoms with Gasteiger partial charge in [0.1, 0.15) is 5.52 Å². The van der Waals surface area contributed by atoms with Gasteiger partial charge in [0.2, 0.25) is 5.89 Å². The van der Waals surface area contributed by atoms with Gasteiger partial charge in [-0.2, -0.15) is 0 Å². The number of ketones is 2. The molecule has 0 fully saturated rings. The highest BCUT2D eigenvalue weighted by Gasteiger charge is 2.34. The van der Waals surface area contributed by atoms with E-state index in [-0.39, 0.29) is 40.0 Å². The van der Waals surface area contributed by atoms with Crippen molar-refractivity contribution in [2.45, 2.75) is 0 Å². The Morgan fingerprint density at radius 3 is 2.11 bits per heavy atom. The lowest BCUT2D eigenvalue weighted by atomic mass is 9.81. The zero-order valence-electron chi connectivity index (χ0n) is 14.0. The van der Waals surface area contributed by atoms with Gasteiger partial charge < -0.3 is 15.9 Å². The summed E-state index contributed by atoms with van der Waals surface area (Å²) in [5.74, 6) is -0.391. The molecule has 6 heteroatoms. The number of fused-ring (bicyclic) bond motifs is 3. The molecule has 6 nitrogen and oxygen atoms in total. The molecule has 4 aromatic rings. The van der Waals surface area contributed by atoms with E-state index in [9.17, 15) is 9.59 Å². The molecule has 4 N–H and O–H groups in total. The van der Waals surface area contributed by atoms with E-state index in [0.717, 1.165) is 0 Å². The van der Waals surface area contributed by atoms with E-state index in [2.05, 4.69) is 4.98 Å². The molecule has 5 rings (SSSR count). The van der Waals surface area contributed by atoms with Crippen LogP contribution in [-0.4, -0.2) is 16.6 Å². The van der Waals surface area contributed by atoms with Crippen LogP contribution in [0.15, 0.2) is 59.0 Å². The molecule has 1 aliphatic carbocycles. The number of hydrogen-bond donors (Lipinski definition) is 2. The van der Waals surface area contributed by atoms with E-state index >= 15 is 0 Å². The SMILES string of the molecule is Nc1cc(-c2nc3ccccc3o2)c(N)c2c1C(=O)c1ccccc1C2=O. The Bertz CT molecular complexity index is 1250. The fourth-order valence-corrected chi connectivity index (χ4v) is 3.51. The minimum Gasteiger partial charge on any atom is -0.436 e. The average molecular weight is 355 g/mol. The zero-order chi connectivity index (χ0) is 18.7. The summed E-state index contributed by atoms with van der Waals surface area (Å²) in [5.41, 5.74) is 15.3. The lowest BCUT2D eigenvalue weighted by molar-refractivity contribution is 0.0980. The number of nitrogens with zero attached hydrogens (tertiary/aromatic N) is 1. The summed E-state index contributed by atoms with van der Waals surface area (Å²) in [6.45, 7) is 0. The fourth-order valence-electron chi connectivity index (χ4n) is 3.51. The highest BCUT2D eigenvalue weighted by Crippen LogP contribution is 2.40. The molecule has 0 amide bonds. The lowest BCUT2D eigenvalue weighted by Crippen LogP contribution is -2.24. The molecule has 0 spiro atoms. The third kappa shape index (κ3) is 2.04. The Balaban J connectivity index is 1.79. The number of carbonyl (C=O) groups is 2. The number of oxazole rings is 1. The van der Waals surface area contributed by atoms with E-state index in [0.29, 0.717) is 27.8 Å². The van der Waals surface area contributed by atoms with Gasteiger partial charge in [0.05, 0.1) is 22.4 Å². The third-order valence-corrected chi connectivity index (χ3v) is 4.79. The second kappa shape index (κ2) is 5.28. The van der Waals surface area contributed by atoms with E-state index in [1.54, 1.807) is 30.3 Å². The van der Waals surface area contributed by atoms with Crippen molar-refractivity contribution in [1.82, 2.24) is 4.98 Å². The Kier molecular flexibility index (Phi) is 3.00. The predicted octanol–water partition coefficient (Wildman–Crippen LogP) is 3.43. The summed E-state index contributed by atoms with van der Waals surface area (Å²) in [4.78, 5) is 30.4. The molecular formula is C21H13N3O3. The summed E-state index contributed by atoms with van der Waals surface area (Å²) >= 11 is 0. The van der Waals surface area contributed by atoms with E-state index in [1.165, 1.54) is 6.07 Å². The highest BCUT2D eigenvalue weighted by atomic mass is 16.3. The molecule has 0 atom stereocenters. The number of rotatable bonds is 1. The van der Waals surface area contributed by atoms with Gasteiger partial charge in [-0.3, -0.25) is 9.59 Å². The molecule has 0 radical (unpaired) electrons. The maximum Gasteiger partial charge on any atom is 0.229 e. The molecule has 1 heterocycles. The number of nitrogen functional groups attached to an aromatic ring is 2. The maximum absolute atomic E-state index is 13.0. The lowest BCUT2D eigenvalue weighted by Gasteiger charge is -2.21. The standard InChI is InChI=1S/C21H13N3O3/c22-13-9-12(21-24-14-7-3-4-8-15(14)27-21)18(23)17-16(13)19(25)10-5-1-2-6-11(10)20(17)26/h1-9H,22-23H2. The summed E-state index contributed by atoms with van der Waals surface area (Å²) in [6.07, 6.45) is 0. The van der Waals surface area contributed by atoms with Crippen molar-refractivity contribution in [1.29, 1.82) is 0 Å². The average Bonchev–Trinajstić information content (AvgIpc) is 3.11. The summed E-state index contributed by atoms with van der Waals surface area (Å²) < 4.78 is 5.77. The first-order valence-corrected chi connectivity index (χ1v) is 8.32. The van der Waals surface area contributed by atoms with Crippen LogP contribution in [0.3, 0.4) is 0 Å². The number of para-hydroxylation sites is 2. The summed E-state index contributed by atoms with van der Waals surface area (Å²) in [5, 5.41) is 0. The highest BCUT2D eigenvalue weighted by molar-refractivity contribution is 6.32. The normalized spacial score (nSPS) is 12.9. The third-order valence-electron chi connectivity index (χ3n) is 4.79. The van der Waals surface area contributed by atoms with Gasteiger partial charge in [-0.1, -0.05) is 36.4 Å². The van der Waals surface area contributed by atoms with Crippen LogP contribution in [0.2, 0.25) is 0 Å². The van der Waals surface area contributed by atoms with Crippen LogP contribution in [-0.2, 0) is 0 Å². The summed E-state index contributed by atoms with van der Waals surface area (Å²) in [6, 6.07) is 15.5. The second-order valence-electron chi connectivity index (χ2n) is 6.37. The van der Waals surface area contributed by atoms with E-state index in [1.807, 2.05) is 18.2 Å². The van der Waals surface area contributed by atoms with Crippen LogP contribution in [0, 0.1) is 0 Å². The minimum absolute atomic E-state index is 0.107. The molecule has 27 heavy (non-hydrogen) atoms. The number of carbonyl (C=O) groups excluding carboxylic acids is 2. The Morgan fingerprint density at radius 1 is 0.778 bits per heavy atom. The summed E-state index contributed by atoms with van der Waals surface area (Å²) in [7, 11) is 0. The molecular weight excluding hydrogens is 342 g/mol. The van der Waals surface area contributed by atoms with Gasteiger partial charge in [-0.05, 0) is 18.2 Å². The van der Waals surface area contributed by atoms with E-state index in [4.69, 9.17) is 15.9 Å². The van der Waals surface area contributed by atoms with Crippen molar-refractivity contribution in [3.05, 3.63) is 76.9 Å². The maximum atomic E-state index is 13.0. The molecule has 0 saturated carbocycles. The van der Waals surface area contributed by atoms with Crippen LogP contribution < -0.4 is 11.5 Å². The monoisotopic (exact) mass is 355 g/mol. The van der Waals surface area contributed by atoms with Gasteiger partial charge in [0.15, 0.2) is 17.1 Å². The topological polar surface area (TPSA) is 112 Å². The number of benzene rings is 3. The van der Waals surface area contributed by atoms with E-state index < -0.39 is 0 Å². The van der Waals surface area contributed by atoms with Gasteiger partial charge in [0, 0.05) is 16.8 Å². The minimum atomic E-state index is -0.331. The number of anilines is 2.